The van der Waals surface area contributed by atoms with Gasteiger partial charge in [-0.05, 0) is 47.1 Å². The average molecular weight is 531 g/mol. The first-order chi connectivity index (χ1) is 13.4. The Labute approximate surface area is 189 Å². The van der Waals surface area contributed by atoms with Gasteiger partial charge in [0.2, 0.25) is 0 Å². The lowest BCUT2D eigenvalue weighted by Crippen LogP contribution is -2.38. The molecule has 1 fully saturated rings. The molecule has 0 spiro atoms. The smallest absolute Gasteiger partial charge is 0.191 e. The molecule has 1 aliphatic carbocycles. The Hall–Kier alpha value is -1.68. The van der Waals surface area contributed by atoms with Gasteiger partial charge in [0.15, 0.2) is 15.8 Å². The van der Waals surface area contributed by atoms with Gasteiger partial charge in [0.25, 0.3) is 0 Å². The van der Waals surface area contributed by atoms with E-state index in [-0.39, 0.29) is 35.5 Å². The summed E-state index contributed by atoms with van der Waals surface area (Å²) in [6.45, 7) is 1.10. The van der Waals surface area contributed by atoms with Crippen LogP contribution in [0.15, 0.2) is 53.5 Å². The summed E-state index contributed by atoms with van der Waals surface area (Å²) in [5, 5.41) is 6.46. The van der Waals surface area contributed by atoms with E-state index >= 15 is 0 Å². The highest BCUT2D eigenvalue weighted by molar-refractivity contribution is 14.0. The fourth-order valence-corrected chi connectivity index (χ4v) is 4.24. The molecule has 0 aliphatic heterocycles. The molecule has 2 N–H and O–H groups in total. The number of nitrogens with one attached hydrogen (secondary N) is 2. The normalized spacial score (nSPS) is 18.7. The summed E-state index contributed by atoms with van der Waals surface area (Å²) in [6, 6.07) is 14.6. The quantitative estimate of drug-likeness (QED) is 0.326. The van der Waals surface area contributed by atoms with E-state index in [2.05, 4.69) is 39.9 Å². The van der Waals surface area contributed by atoms with Gasteiger partial charge in [-0.1, -0.05) is 36.4 Å². The Balaban J connectivity index is 0.00000300. The van der Waals surface area contributed by atoms with Gasteiger partial charge in [0, 0.05) is 26.4 Å². The lowest BCUT2D eigenvalue weighted by Gasteiger charge is -2.14. The predicted molar refractivity (Wildman–Crippen MR) is 126 cm³/mol. The van der Waals surface area contributed by atoms with E-state index in [1.807, 2.05) is 6.07 Å². The highest BCUT2D eigenvalue weighted by atomic mass is 127. The second-order valence-electron chi connectivity index (χ2n) is 7.30. The summed E-state index contributed by atoms with van der Waals surface area (Å²) < 4.78 is 36.9. The molecule has 0 amide bonds. The summed E-state index contributed by atoms with van der Waals surface area (Å²) in [5.41, 5.74) is 2.57. The number of rotatable bonds is 7. The van der Waals surface area contributed by atoms with Crippen molar-refractivity contribution in [2.75, 3.05) is 19.8 Å². The van der Waals surface area contributed by atoms with Crippen molar-refractivity contribution in [1.82, 2.24) is 10.6 Å². The third kappa shape index (κ3) is 7.26. The van der Waals surface area contributed by atoms with Crippen molar-refractivity contribution in [3.8, 4) is 0 Å². The number of nitrogens with zero attached hydrogens (tertiary/aromatic N) is 1. The molecular weight excluding hydrogens is 504 g/mol. The number of halogens is 2. The van der Waals surface area contributed by atoms with Gasteiger partial charge in [-0.25, -0.2) is 12.8 Å². The van der Waals surface area contributed by atoms with Gasteiger partial charge in [-0.2, -0.15) is 0 Å². The van der Waals surface area contributed by atoms with E-state index in [4.69, 9.17) is 0 Å². The van der Waals surface area contributed by atoms with Gasteiger partial charge < -0.3 is 10.6 Å². The molecule has 2 aromatic carbocycles. The van der Waals surface area contributed by atoms with Crippen LogP contribution in [0, 0.1) is 11.7 Å². The van der Waals surface area contributed by atoms with Crippen molar-refractivity contribution >= 4 is 39.8 Å². The van der Waals surface area contributed by atoms with Crippen molar-refractivity contribution in [2.24, 2.45) is 10.9 Å². The third-order valence-corrected chi connectivity index (χ3v) is 5.77. The minimum Gasteiger partial charge on any atom is -0.356 e. The number of aliphatic imine (C=N–C) groups is 1. The van der Waals surface area contributed by atoms with Crippen LogP contribution in [0.4, 0.5) is 4.39 Å². The lowest BCUT2D eigenvalue weighted by molar-refractivity contribution is 0.599. The zero-order chi connectivity index (χ0) is 20.1. The highest BCUT2D eigenvalue weighted by Crippen LogP contribution is 2.46. The molecule has 29 heavy (non-hydrogen) atoms. The Morgan fingerprint density at radius 2 is 1.86 bits per heavy atom. The molecule has 5 nitrogen and oxygen atoms in total. The monoisotopic (exact) mass is 531 g/mol. The predicted octanol–water partition coefficient (Wildman–Crippen LogP) is 3.46. The highest BCUT2D eigenvalue weighted by Gasteiger charge is 2.37. The molecule has 3 rings (SSSR count). The summed E-state index contributed by atoms with van der Waals surface area (Å²) in [5.74, 6) is 1.26. The number of guanidine groups is 1. The van der Waals surface area contributed by atoms with Crippen molar-refractivity contribution in [2.45, 2.75) is 24.6 Å². The number of hydrogen-bond donors (Lipinski definition) is 2. The third-order valence-electron chi connectivity index (χ3n) is 4.94. The standard InChI is InChI=1S/C21H26FN3O2S.HI/c1-23-21(25-13-18-11-20(18)15-6-4-3-5-7-15)24-12-17-10-19(22)9-8-16(17)14-28(2,26)27;/h3-10,18,20H,11-14H2,1-2H3,(H2,23,24,25);1H. The molecular formula is C21H27FIN3O2S. The first-order valence-corrected chi connectivity index (χ1v) is 11.4. The minimum absolute atomic E-state index is 0. The molecule has 8 heteroatoms. The summed E-state index contributed by atoms with van der Waals surface area (Å²) in [4.78, 5) is 4.21. The van der Waals surface area contributed by atoms with Crippen LogP contribution >= 0.6 is 24.0 Å². The Morgan fingerprint density at radius 1 is 1.14 bits per heavy atom. The van der Waals surface area contributed by atoms with Crippen LogP contribution < -0.4 is 10.6 Å². The van der Waals surface area contributed by atoms with Crippen LogP contribution in [-0.4, -0.2) is 34.2 Å². The van der Waals surface area contributed by atoms with E-state index in [1.54, 1.807) is 7.05 Å². The number of benzene rings is 2. The van der Waals surface area contributed by atoms with E-state index < -0.39 is 9.84 Å². The molecule has 0 bridgehead atoms. The summed E-state index contributed by atoms with van der Waals surface area (Å²) >= 11 is 0. The second kappa shape index (κ2) is 10.4. The molecule has 1 aliphatic rings. The van der Waals surface area contributed by atoms with Gasteiger partial charge in [0.05, 0.1) is 5.75 Å². The maximum absolute atomic E-state index is 13.6. The second-order valence-corrected chi connectivity index (χ2v) is 9.44. The first kappa shape index (κ1) is 23.6. The maximum Gasteiger partial charge on any atom is 0.191 e. The number of hydrogen-bond acceptors (Lipinski definition) is 3. The van der Waals surface area contributed by atoms with Crippen LogP contribution in [0.3, 0.4) is 0 Å². The van der Waals surface area contributed by atoms with E-state index in [9.17, 15) is 12.8 Å². The van der Waals surface area contributed by atoms with Gasteiger partial charge in [-0.15, -0.1) is 24.0 Å². The Morgan fingerprint density at radius 3 is 2.52 bits per heavy atom. The van der Waals surface area contributed by atoms with E-state index in [1.165, 1.54) is 30.0 Å². The van der Waals surface area contributed by atoms with Crippen LogP contribution in [0.1, 0.15) is 29.0 Å². The topological polar surface area (TPSA) is 70.6 Å². The van der Waals surface area contributed by atoms with Gasteiger partial charge >= 0.3 is 0 Å². The van der Waals surface area contributed by atoms with Crippen LogP contribution in [0.2, 0.25) is 0 Å². The SMILES string of the molecule is CN=C(NCc1cc(F)ccc1CS(C)(=O)=O)NCC1CC1c1ccccc1.I. The zero-order valence-electron chi connectivity index (χ0n) is 16.6. The molecule has 0 heterocycles. The fraction of sp³-hybridized carbons (Fsp3) is 0.381. The van der Waals surface area contributed by atoms with Crippen molar-refractivity contribution < 1.29 is 12.8 Å². The molecule has 158 valence electrons. The summed E-state index contributed by atoms with van der Waals surface area (Å²) in [7, 11) is -1.52. The fourth-order valence-electron chi connectivity index (χ4n) is 3.39. The van der Waals surface area contributed by atoms with E-state index in [0.29, 0.717) is 35.5 Å². The van der Waals surface area contributed by atoms with Gasteiger partial charge in [-0.3, -0.25) is 4.99 Å². The zero-order valence-corrected chi connectivity index (χ0v) is 19.7. The molecule has 0 radical (unpaired) electrons. The molecule has 1 saturated carbocycles. The molecule has 2 atom stereocenters. The van der Waals surface area contributed by atoms with E-state index in [0.717, 1.165) is 13.0 Å². The Kier molecular flexibility index (Phi) is 8.45. The lowest BCUT2D eigenvalue weighted by atomic mass is 10.1. The number of sulfone groups is 1. The first-order valence-electron chi connectivity index (χ1n) is 9.30. The van der Waals surface area contributed by atoms with Crippen molar-refractivity contribution in [1.29, 1.82) is 0 Å². The average Bonchev–Trinajstić information content (AvgIpc) is 3.43. The molecule has 2 unspecified atom stereocenters. The van der Waals surface area contributed by atoms with Crippen LogP contribution in [0.25, 0.3) is 0 Å². The summed E-state index contributed by atoms with van der Waals surface area (Å²) in [6.07, 6.45) is 2.32. The van der Waals surface area contributed by atoms with Gasteiger partial charge in [0.1, 0.15) is 5.82 Å². The molecule has 0 aromatic heterocycles. The van der Waals surface area contributed by atoms with Crippen molar-refractivity contribution in [3.63, 3.8) is 0 Å². The molecule has 2 aromatic rings. The largest absolute Gasteiger partial charge is 0.356 e. The minimum atomic E-state index is -3.20. The maximum atomic E-state index is 13.6. The Bertz CT molecular complexity index is 952. The van der Waals surface area contributed by atoms with Crippen molar-refractivity contribution in [3.05, 3.63) is 71.0 Å². The van der Waals surface area contributed by atoms with Crippen LogP contribution in [-0.2, 0) is 22.1 Å². The molecule has 0 saturated heterocycles. The van der Waals surface area contributed by atoms with Crippen LogP contribution in [0.5, 0.6) is 0 Å².